The lowest BCUT2D eigenvalue weighted by Gasteiger charge is -2.12. The minimum atomic E-state index is -0.520. The van der Waals surface area contributed by atoms with Gasteiger partial charge in [0.1, 0.15) is 0 Å². The highest BCUT2D eigenvalue weighted by atomic mass is 16.3. The molecule has 3 heteroatoms. The Balaban J connectivity index is 1.94. The van der Waals surface area contributed by atoms with Gasteiger partial charge >= 0.3 is 0 Å². The van der Waals surface area contributed by atoms with Crippen LogP contribution in [0.15, 0.2) is 61.1 Å². The molecule has 0 aliphatic rings. The van der Waals surface area contributed by atoms with Gasteiger partial charge in [-0.3, -0.25) is 9.97 Å². The number of hydrogen-bond acceptors (Lipinski definition) is 3. The highest BCUT2D eigenvalue weighted by molar-refractivity contribution is 5.81. The van der Waals surface area contributed by atoms with Crippen LogP contribution in [0.3, 0.4) is 0 Å². The first-order valence-corrected chi connectivity index (χ1v) is 6.25. The van der Waals surface area contributed by atoms with Crippen LogP contribution in [0.2, 0.25) is 0 Å². The van der Waals surface area contributed by atoms with E-state index in [9.17, 15) is 5.11 Å². The van der Waals surface area contributed by atoms with Crippen LogP contribution >= 0.6 is 0 Å². The van der Waals surface area contributed by atoms with Crippen molar-refractivity contribution < 1.29 is 5.11 Å². The number of hydrogen-bond donors (Lipinski definition) is 1. The Morgan fingerprint density at radius 3 is 2.58 bits per heavy atom. The second kappa shape index (κ2) is 5.16. The standard InChI is InChI=1S/C16H14N2O/c19-16(12-5-8-17-9-6-12)11-13-7-10-18-15-4-2-1-3-14(13)15/h1-10,16,19H,11H2. The number of aliphatic hydroxyl groups is 1. The van der Waals surface area contributed by atoms with Crippen LogP contribution in [0.4, 0.5) is 0 Å². The lowest BCUT2D eigenvalue weighted by atomic mass is 9.99. The van der Waals surface area contributed by atoms with E-state index in [-0.39, 0.29) is 0 Å². The molecular weight excluding hydrogens is 236 g/mol. The number of para-hydroxylation sites is 1. The molecule has 3 nitrogen and oxygen atoms in total. The summed E-state index contributed by atoms with van der Waals surface area (Å²) in [5, 5.41) is 11.4. The van der Waals surface area contributed by atoms with Crippen LogP contribution in [0.5, 0.6) is 0 Å². The van der Waals surface area contributed by atoms with E-state index in [2.05, 4.69) is 9.97 Å². The van der Waals surface area contributed by atoms with E-state index in [0.29, 0.717) is 6.42 Å². The predicted octanol–water partition coefficient (Wildman–Crippen LogP) is 2.91. The van der Waals surface area contributed by atoms with Gasteiger partial charge in [-0.15, -0.1) is 0 Å². The molecule has 0 fully saturated rings. The third kappa shape index (κ3) is 2.46. The molecule has 0 amide bonds. The molecule has 0 aliphatic heterocycles. The molecule has 0 saturated heterocycles. The number of pyridine rings is 2. The molecule has 0 radical (unpaired) electrons. The summed E-state index contributed by atoms with van der Waals surface area (Å²) in [5.41, 5.74) is 2.95. The zero-order valence-corrected chi connectivity index (χ0v) is 10.4. The Hall–Kier alpha value is -2.26. The van der Waals surface area contributed by atoms with E-state index >= 15 is 0 Å². The van der Waals surface area contributed by atoms with Crippen molar-refractivity contribution >= 4 is 10.9 Å². The molecule has 2 aromatic heterocycles. The Labute approximate surface area is 111 Å². The van der Waals surface area contributed by atoms with Crippen molar-refractivity contribution in [1.29, 1.82) is 0 Å². The fraction of sp³-hybridized carbons (Fsp3) is 0.125. The summed E-state index contributed by atoms with van der Waals surface area (Å²) in [6.45, 7) is 0. The average molecular weight is 250 g/mol. The van der Waals surface area contributed by atoms with Crippen LogP contribution in [-0.2, 0) is 6.42 Å². The normalized spacial score (nSPS) is 12.5. The van der Waals surface area contributed by atoms with Crippen LogP contribution in [-0.4, -0.2) is 15.1 Å². The lowest BCUT2D eigenvalue weighted by molar-refractivity contribution is 0.178. The van der Waals surface area contributed by atoms with E-state index in [0.717, 1.165) is 22.0 Å². The van der Waals surface area contributed by atoms with E-state index < -0.39 is 6.10 Å². The summed E-state index contributed by atoms with van der Waals surface area (Å²) >= 11 is 0. The zero-order chi connectivity index (χ0) is 13.1. The van der Waals surface area contributed by atoms with Crippen LogP contribution in [0.1, 0.15) is 17.2 Å². The molecule has 1 aromatic carbocycles. The third-order valence-corrected chi connectivity index (χ3v) is 3.24. The van der Waals surface area contributed by atoms with E-state index in [1.54, 1.807) is 18.6 Å². The second-order valence-electron chi connectivity index (χ2n) is 4.49. The Kier molecular flexibility index (Phi) is 3.21. The summed E-state index contributed by atoms with van der Waals surface area (Å²) in [6.07, 6.45) is 5.24. The number of aromatic nitrogens is 2. The van der Waals surface area contributed by atoms with Crippen molar-refractivity contribution in [3.63, 3.8) is 0 Å². The molecule has 3 aromatic rings. The molecule has 1 atom stereocenters. The molecule has 1 N–H and O–H groups in total. The molecule has 0 saturated carbocycles. The molecule has 0 bridgehead atoms. The molecule has 94 valence electrons. The number of benzene rings is 1. The summed E-state index contributed by atoms with van der Waals surface area (Å²) in [5.74, 6) is 0. The first kappa shape index (κ1) is 11.8. The molecule has 19 heavy (non-hydrogen) atoms. The first-order chi connectivity index (χ1) is 9.34. The SMILES string of the molecule is OC(Cc1ccnc2ccccc12)c1ccncc1. The summed E-state index contributed by atoms with van der Waals surface area (Å²) < 4.78 is 0. The smallest absolute Gasteiger partial charge is 0.0831 e. The maximum absolute atomic E-state index is 10.3. The summed E-state index contributed by atoms with van der Waals surface area (Å²) in [6, 6.07) is 13.6. The third-order valence-electron chi connectivity index (χ3n) is 3.24. The monoisotopic (exact) mass is 250 g/mol. The second-order valence-corrected chi connectivity index (χ2v) is 4.49. The Morgan fingerprint density at radius 1 is 0.947 bits per heavy atom. The molecule has 1 unspecified atom stereocenters. The van der Waals surface area contributed by atoms with E-state index in [1.165, 1.54) is 0 Å². The first-order valence-electron chi connectivity index (χ1n) is 6.25. The van der Waals surface area contributed by atoms with E-state index in [4.69, 9.17) is 0 Å². The van der Waals surface area contributed by atoms with Crippen molar-refractivity contribution in [3.8, 4) is 0 Å². The van der Waals surface area contributed by atoms with Gasteiger partial charge in [0.15, 0.2) is 0 Å². The largest absolute Gasteiger partial charge is 0.388 e. The maximum Gasteiger partial charge on any atom is 0.0831 e. The predicted molar refractivity (Wildman–Crippen MR) is 74.6 cm³/mol. The highest BCUT2D eigenvalue weighted by Gasteiger charge is 2.10. The average Bonchev–Trinajstić information content (AvgIpc) is 2.48. The quantitative estimate of drug-likeness (QED) is 0.777. The number of rotatable bonds is 3. The lowest BCUT2D eigenvalue weighted by Crippen LogP contribution is -2.02. The van der Waals surface area contributed by atoms with Gasteiger partial charge in [-0.2, -0.15) is 0 Å². The summed E-state index contributed by atoms with van der Waals surface area (Å²) in [4.78, 5) is 8.29. The van der Waals surface area contributed by atoms with Crippen molar-refractivity contribution in [2.75, 3.05) is 0 Å². The van der Waals surface area contributed by atoms with Gasteiger partial charge in [0.2, 0.25) is 0 Å². The van der Waals surface area contributed by atoms with Gasteiger partial charge in [-0.25, -0.2) is 0 Å². The zero-order valence-electron chi connectivity index (χ0n) is 10.4. The fourth-order valence-electron chi connectivity index (χ4n) is 2.24. The van der Waals surface area contributed by atoms with Gasteiger partial charge in [0.25, 0.3) is 0 Å². The van der Waals surface area contributed by atoms with Crippen molar-refractivity contribution in [2.24, 2.45) is 0 Å². The molecule has 0 spiro atoms. The topological polar surface area (TPSA) is 46.0 Å². The molecular formula is C16H14N2O. The Bertz CT molecular complexity index is 677. The number of fused-ring (bicyclic) bond motifs is 1. The van der Waals surface area contributed by atoms with Crippen LogP contribution < -0.4 is 0 Å². The maximum atomic E-state index is 10.3. The van der Waals surface area contributed by atoms with Gasteiger partial charge < -0.3 is 5.11 Å². The van der Waals surface area contributed by atoms with Gasteiger partial charge in [-0.1, -0.05) is 18.2 Å². The fourth-order valence-corrected chi connectivity index (χ4v) is 2.24. The van der Waals surface area contributed by atoms with E-state index in [1.807, 2.05) is 42.5 Å². The van der Waals surface area contributed by atoms with Gasteiger partial charge in [0, 0.05) is 30.4 Å². The van der Waals surface area contributed by atoms with Crippen molar-refractivity contribution in [3.05, 3.63) is 72.2 Å². The van der Waals surface area contributed by atoms with Crippen LogP contribution in [0, 0.1) is 0 Å². The van der Waals surface area contributed by atoms with Crippen molar-refractivity contribution in [1.82, 2.24) is 9.97 Å². The highest BCUT2D eigenvalue weighted by Crippen LogP contribution is 2.22. The van der Waals surface area contributed by atoms with Gasteiger partial charge in [0.05, 0.1) is 11.6 Å². The van der Waals surface area contributed by atoms with Gasteiger partial charge in [-0.05, 0) is 35.4 Å². The number of nitrogens with zero attached hydrogens (tertiary/aromatic N) is 2. The van der Waals surface area contributed by atoms with Crippen LogP contribution in [0.25, 0.3) is 10.9 Å². The number of aliphatic hydroxyl groups excluding tert-OH is 1. The molecule has 2 heterocycles. The minimum absolute atomic E-state index is 0.520. The Morgan fingerprint density at radius 2 is 1.74 bits per heavy atom. The van der Waals surface area contributed by atoms with Crippen molar-refractivity contribution in [2.45, 2.75) is 12.5 Å². The minimum Gasteiger partial charge on any atom is -0.388 e. The molecule has 0 aliphatic carbocycles. The molecule has 3 rings (SSSR count). The summed E-state index contributed by atoms with van der Waals surface area (Å²) in [7, 11) is 0.